The van der Waals surface area contributed by atoms with Crippen LogP contribution in [0.25, 0.3) is 0 Å². The molecule has 19 heavy (non-hydrogen) atoms. The van der Waals surface area contributed by atoms with Crippen molar-refractivity contribution in [2.45, 2.75) is 25.3 Å². The number of aliphatic carboxylic acids is 1. The molecule has 0 heterocycles. The van der Waals surface area contributed by atoms with Gasteiger partial charge in [0.05, 0.1) is 0 Å². The lowest BCUT2D eigenvalue weighted by Gasteiger charge is -2.12. The van der Waals surface area contributed by atoms with Crippen LogP contribution in [0, 0.1) is 0 Å². The highest BCUT2D eigenvalue weighted by Gasteiger charge is 2.17. The predicted octanol–water partition coefficient (Wildman–Crippen LogP) is 1.35. The van der Waals surface area contributed by atoms with Gasteiger partial charge in [-0.05, 0) is 24.5 Å². The maximum Gasteiger partial charge on any atom is 0.326 e. The minimum atomic E-state index is -1.06. The Balaban J connectivity index is 2.49. The summed E-state index contributed by atoms with van der Waals surface area (Å²) in [5.74, 6) is -1.37. The van der Waals surface area contributed by atoms with Crippen LogP contribution in [0.5, 0.6) is 0 Å². The maximum atomic E-state index is 11.7. The van der Waals surface area contributed by atoms with E-state index >= 15 is 0 Å². The van der Waals surface area contributed by atoms with E-state index in [1.54, 1.807) is 6.07 Å². The number of amides is 1. The Kier molecular flexibility index (Phi) is 5.60. The first kappa shape index (κ1) is 14.8. The molecule has 1 rings (SSSR count). The summed E-state index contributed by atoms with van der Waals surface area (Å²) in [7, 11) is 0. The fourth-order valence-corrected chi connectivity index (χ4v) is 1.66. The van der Waals surface area contributed by atoms with E-state index in [1.165, 1.54) is 6.08 Å². The van der Waals surface area contributed by atoms with Crippen LogP contribution in [0.2, 0.25) is 0 Å². The average molecular weight is 262 g/mol. The monoisotopic (exact) mass is 262 g/mol. The molecule has 1 atom stereocenters. The lowest BCUT2D eigenvalue weighted by Crippen LogP contribution is -2.40. The number of hydrogen-bond acceptors (Lipinski definition) is 3. The van der Waals surface area contributed by atoms with Gasteiger partial charge in [-0.2, -0.15) is 0 Å². The van der Waals surface area contributed by atoms with Crippen molar-refractivity contribution in [2.75, 3.05) is 5.73 Å². The number of anilines is 1. The van der Waals surface area contributed by atoms with Crippen molar-refractivity contribution in [3.63, 3.8) is 0 Å². The van der Waals surface area contributed by atoms with E-state index in [-0.39, 0.29) is 18.7 Å². The number of benzene rings is 1. The molecule has 0 radical (unpaired) electrons. The van der Waals surface area contributed by atoms with Gasteiger partial charge in [0.25, 0.3) is 0 Å². The van der Waals surface area contributed by atoms with Crippen molar-refractivity contribution in [1.29, 1.82) is 0 Å². The van der Waals surface area contributed by atoms with E-state index in [9.17, 15) is 9.59 Å². The minimum absolute atomic E-state index is 0.203. The lowest BCUT2D eigenvalue weighted by molar-refractivity contribution is -0.141. The second kappa shape index (κ2) is 7.20. The van der Waals surface area contributed by atoms with Gasteiger partial charge in [-0.15, -0.1) is 6.58 Å². The largest absolute Gasteiger partial charge is 0.480 e. The summed E-state index contributed by atoms with van der Waals surface area (Å²) < 4.78 is 0. The van der Waals surface area contributed by atoms with Crippen molar-refractivity contribution in [3.8, 4) is 0 Å². The summed E-state index contributed by atoms with van der Waals surface area (Å²) in [6.45, 7) is 3.46. The first-order valence-electron chi connectivity index (χ1n) is 6.01. The van der Waals surface area contributed by atoms with Crippen LogP contribution in [0.4, 0.5) is 5.69 Å². The highest BCUT2D eigenvalue weighted by molar-refractivity contribution is 5.83. The Morgan fingerprint density at radius 3 is 2.68 bits per heavy atom. The molecule has 4 N–H and O–H groups in total. The summed E-state index contributed by atoms with van der Waals surface area (Å²) in [6.07, 6.45) is 2.36. The number of carbonyl (C=O) groups is 2. The highest BCUT2D eigenvalue weighted by atomic mass is 16.4. The topological polar surface area (TPSA) is 92.4 Å². The number of carboxylic acids is 1. The van der Waals surface area contributed by atoms with Gasteiger partial charge in [0, 0.05) is 12.1 Å². The molecule has 102 valence electrons. The Morgan fingerprint density at radius 2 is 2.11 bits per heavy atom. The van der Waals surface area contributed by atoms with Crippen molar-refractivity contribution in [3.05, 3.63) is 42.5 Å². The van der Waals surface area contributed by atoms with Crippen molar-refractivity contribution < 1.29 is 14.7 Å². The molecule has 5 heteroatoms. The van der Waals surface area contributed by atoms with Crippen LogP contribution >= 0.6 is 0 Å². The van der Waals surface area contributed by atoms with E-state index in [0.717, 1.165) is 5.56 Å². The van der Waals surface area contributed by atoms with Crippen LogP contribution in [0.15, 0.2) is 36.9 Å². The first-order chi connectivity index (χ1) is 9.04. The molecule has 1 aromatic carbocycles. The molecule has 0 aliphatic heterocycles. The third kappa shape index (κ3) is 4.83. The zero-order valence-corrected chi connectivity index (χ0v) is 10.6. The van der Waals surface area contributed by atoms with Gasteiger partial charge in [-0.25, -0.2) is 4.79 Å². The fourth-order valence-electron chi connectivity index (χ4n) is 1.66. The third-order valence-corrected chi connectivity index (χ3v) is 2.71. The van der Waals surface area contributed by atoms with E-state index in [0.29, 0.717) is 12.1 Å². The maximum absolute atomic E-state index is 11.7. The second-order valence-corrected chi connectivity index (χ2v) is 4.18. The van der Waals surface area contributed by atoms with Crippen molar-refractivity contribution in [1.82, 2.24) is 5.32 Å². The van der Waals surface area contributed by atoms with Crippen LogP contribution in [-0.4, -0.2) is 23.0 Å². The van der Waals surface area contributed by atoms with Gasteiger partial charge in [-0.3, -0.25) is 4.79 Å². The second-order valence-electron chi connectivity index (χ2n) is 4.18. The smallest absolute Gasteiger partial charge is 0.326 e. The summed E-state index contributed by atoms with van der Waals surface area (Å²) in [4.78, 5) is 22.5. The number of carbonyl (C=O) groups excluding carboxylic acids is 1. The number of rotatable bonds is 7. The summed E-state index contributed by atoms with van der Waals surface area (Å²) in [5, 5.41) is 11.4. The van der Waals surface area contributed by atoms with Gasteiger partial charge in [-0.1, -0.05) is 24.3 Å². The molecule has 1 amide bonds. The van der Waals surface area contributed by atoms with Gasteiger partial charge in [0.1, 0.15) is 6.04 Å². The fraction of sp³-hybridized carbons (Fsp3) is 0.286. The van der Waals surface area contributed by atoms with Crippen LogP contribution in [0.3, 0.4) is 0 Å². The Morgan fingerprint density at radius 1 is 1.42 bits per heavy atom. The van der Waals surface area contributed by atoms with Crippen LogP contribution in [0.1, 0.15) is 18.4 Å². The molecule has 0 saturated heterocycles. The zero-order chi connectivity index (χ0) is 14.3. The highest BCUT2D eigenvalue weighted by Crippen LogP contribution is 2.12. The van der Waals surface area contributed by atoms with Gasteiger partial charge in [0.2, 0.25) is 5.91 Å². The third-order valence-electron chi connectivity index (χ3n) is 2.71. The molecular formula is C14H18N2O3. The van der Waals surface area contributed by atoms with Gasteiger partial charge < -0.3 is 16.2 Å². The Bertz CT molecular complexity index is 472. The molecule has 0 bridgehead atoms. The van der Waals surface area contributed by atoms with Crippen LogP contribution in [-0.2, 0) is 16.0 Å². The first-order valence-corrected chi connectivity index (χ1v) is 6.01. The molecule has 0 aliphatic rings. The molecule has 0 aliphatic carbocycles. The van der Waals surface area contributed by atoms with E-state index in [2.05, 4.69) is 11.9 Å². The number of nitrogens with one attached hydrogen (secondary N) is 1. The molecule has 5 nitrogen and oxygen atoms in total. The number of para-hydroxylation sites is 1. The van der Waals surface area contributed by atoms with E-state index in [4.69, 9.17) is 10.8 Å². The molecule has 0 saturated carbocycles. The molecular weight excluding hydrogens is 244 g/mol. The van der Waals surface area contributed by atoms with Gasteiger partial charge in [0.15, 0.2) is 0 Å². The molecule has 0 spiro atoms. The lowest BCUT2D eigenvalue weighted by atomic mass is 10.1. The van der Waals surface area contributed by atoms with E-state index in [1.807, 2.05) is 18.2 Å². The molecule has 0 aromatic heterocycles. The SMILES string of the molecule is C=CCC(NC(=O)CCc1ccccc1N)C(=O)O. The normalized spacial score (nSPS) is 11.6. The Hall–Kier alpha value is -2.30. The van der Waals surface area contributed by atoms with Crippen molar-refractivity contribution >= 4 is 17.6 Å². The number of nitrogens with two attached hydrogens (primary N) is 1. The Labute approximate surface area is 112 Å². The molecule has 1 aromatic rings. The number of carboxylic acid groups (broad SMARTS) is 1. The number of nitrogen functional groups attached to an aromatic ring is 1. The standard InChI is InChI=1S/C14H18N2O3/c1-2-5-12(14(18)19)16-13(17)9-8-10-6-3-4-7-11(10)15/h2-4,6-7,12H,1,5,8-9,15H2,(H,16,17)(H,18,19). The number of aryl methyl sites for hydroxylation is 1. The molecule has 1 unspecified atom stereocenters. The quantitative estimate of drug-likeness (QED) is 0.511. The minimum Gasteiger partial charge on any atom is -0.480 e. The zero-order valence-electron chi connectivity index (χ0n) is 10.6. The van der Waals surface area contributed by atoms with Crippen LogP contribution < -0.4 is 11.1 Å². The van der Waals surface area contributed by atoms with Crippen molar-refractivity contribution in [2.24, 2.45) is 0 Å². The summed E-state index contributed by atoms with van der Waals surface area (Å²) in [6, 6.07) is 6.37. The molecule has 0 fully saturated rings. The van der Waals surface area contributed by atoms with E-state index < -0.39 is 12.0 Å². The predicted molar refractivity (Wildman–Crippen MR) is 73.6 cm³/mol. The summed E-state index contributed by atoms with van der Waals surface area (Å²) >= 11 is 0. The number of hydrogen-bond donors (Lipinski definition) is 3. The average Bonchev–Trinajstić information content (AvgIpc) is 2.37. The summed E-state index contributed by atoms with van der Waals surface area (Å²) in [5.41, 5.74) is 7.28. The van der Waals surface area contributed by atoms with Gasteiger partial charge >= 0.3 is 5.97 Å².